The summed E-state index contributed by atoms with van der Waals surface area (Å²) in [5.41, 5.74) is 6.68. The topological polar surface area (TPSA) is 22.9 Å². The molecule has 3 nitrogen and oxygen atoms in total. The van der Waals surface area contributed by atoms with Gasteiger partial charge in [-0.05, 0) is 28.8 Å². The van der Waals surface area contributed by atoms with Crippen molar-refractivity contribution in [2.45, 2.75) is 19.5 Å². The summed E-state index contributed by atoms with van der Waals surface area (Å²) in [6, 6.07) is 23.8. The van der Waals surface area contributed by atoms with Crippen LogP contribution < -0.4 is 14.4 Å². The van der Waals surface area contributed by atoms with Crippen LogP contribution in [0, 0.1) is 0 Å². The number of nitrogens with one attached hydrogen (secondary N) is 1. The fourth-order valence-corrected chi connectivity index (χ4v) is 3.91. The third-order valence-electron chi connectivity index (χ3n) is 5.41. The monoisotopic (exact) mass is 360 g/mol. The van der Waals surface area contributed by atoms with Crippen LogP contribution in [0.5, 0.6) is 11.5 Å². The number of quaternary nitrogens is 1. The van der Waals surface area contributed by atoms with Crippen LogP contribution in [0.2, 0.25) is 0 Å². The van der Waals surface area contributed by atoms with Crippen LogP contribution in [0.1, 0.15) is 16.7 Å². The Morgan fingerprint density at radius 3 is 2.07 bits per heavy atom. The lowest BCUT2D eigenvalue weighted by Crippen LogP contribution is -3.10. The zero-order chi connectivity index (χ0) is 18.6. The minimum Gasteiger partial charge on any atom is -0.493 e. The Hall–Kier alpha value is -2.78. The van der Waals surface area contributed by atoms with Crippen molar-refractivity contribution in [2.24, 2.45) is 0 Å². The van der Waals surface area contributed by atoms with Gasteiger partial charge in [0.25, 0.3) is 0 Å². The molecule has 1 heterocycles. The molecule has 1 aliphatic rings. The number of methoxy groups -OCH3 is 2. The average Bonchev–Trinajstić information content (AvgIpc) is 2.74. The Morgan fingerprint density at radius 2 is 1.41 bits per heavy atom. The largest absolute Gasteiger partial charge is 0.493 e. The summed E-state index contributed by atoms with van der Waals surface area (Å²) in [6.45, 7) is 3.21. The third kappa shape index (κ3) is 3.83. The maximum atomic E-state index is 5.48. The fraction of sp³-hybridized carbons (Fsp3) is 0.250. The smallest absolute Gasteiger partial charge is 0.161 e. The van der Waals surface area contributed by atoms with Crippen molar-refractivity contribution >= 4 is 0 Å². The molecule has 1 aliphatic heterocycles. The number of benzene rings is 3. The fourth-order valence-electron chi connectivity index (χ4n) is 3.91. The van der Waals surface area contributed by atoms with Crippen molar-refractivity contribution in [3.05, 3.63) is 83.4 Å². The molecule has 3 aromatic rings. The highest BCUT2D eigenvalue weighted by atomic mass is 16.5. The van der Waals surface area contributed by atoms with Crippen molar-refractivity contribution in [1.29, 1.82) is 0 Å². The highest BCUT2D eigenvalue weighted by Gasteiger charge is 2.22. The van der Waals surface area contributed by atoms with E-state index in [9.17, 15) is 0 Å². The van der Waals surface area contributed by atoms with E-state index in [2.05, 4.69) is 66.7 Å². The first-order chi connectivity index (χ1) is 13.3. The first-order valence-electron chi connectivity index (χ1n) is 9.48. The molecule has 0 aliphatic carbocycles. The summed E-state index contributed by atoms with van der Waals surface area (Å²) >= 11 is 0. The van der Waals surface area contributed by atoms with Crippen molar-refractivity contribution in [3.8, 4) is 22.6 Å². The quantitative estimate of drug-likeness (QED) is 0.752. The second-order valence-electron chi connectivity index (χ2n) is 7.14. The molecule has 0 spiro atoms. The van der Waals surface area contributed by atoms with E-state index in [4.69, 9.17) is 9.47 Å². The van der Waals surface area contributed by atoms with Gasteiger partial charge in [0.05, 0.1) is 20.8 Å². The molecule has 1 atom stereocenters. The molecule has 1 unspecified atom stereocenters. The molecule has 1 N–H and O–H groups in total. The number of fused-ring (bicyclic) bond motifs is 1. The molecule has 3 aromatic carbocycles. The first kappa shape index (κ1) is 17.6. The minimum atomic E-state index is 0.824. The van der Waals surface area contributed by atoms with Gasteiger partial charge in [0.1, 0.15) is 13.1 Å². The maximum Gasteiger partial charge on any atom is 0.161 e. The highest BCUT2D eigenvalue weighted by molar-refractivity contribution is 5.63. The molecular weight excluding hydrogens is 334 g/mol. The van der Waals surface area contributed by atoms with Crippen LogP contribution >= 0.6 is 0 Å². The summed E-state index contributed by atoms with van der Waals surface area (Å²) in [4.78, 5) is 1.59. The molecule has 0 aromatic heterocycles. The molecule has 0 amide bonds. The van der Waals surface area contributed by atoms with E-state index in [-0.39, 0.29) is 0 Å². The Balaban J connectivity index is 1.47. The van der Waals surface area contributed by atoms with Gasteiger partial charge < -0.3 is 14.4 Å². The van der Waals surface area contributed by atoms with Crippen molar-refractivity contribution < 1.29 is 14.4 Å². The van der Waals surface area contributed by atoms with Gasteiger partial charge in [-0.3, -0.25) is 0 Å². The van der Waals surface area contributed by atoms with Crippen LogP contribution in [0.3, 0.4) is 0 Å². The molecular formula is C24H26NO2+. The lowest BCUT2D eigenvalue weighted by molar-refractivity contribution is -0.929. The van der Waals surface area contributed by atoms with E-state index < -0.39 is 0 Å². The summed E-state index contributed by atoms with van der Waals surface area (Å²) < 4.78 is 10.9. The van der Waals surface area contributed by atoms with Gasteiger partial charge in [-0.15, -0.1) is 0 Å². The second kappa shape index (κ2) is 7.85. The van der Waals surface area contributed by atoms with Crippen LogP contribution in [-0.4, -0.2) is 20.8 Å². The number of ether oxygens (including phenoxy) is 2. The normalized spacial score (nSPS) is 15.9. The van der Waals surface area contributed by atoms with Crippen molar-refractivity contribution in [1.82, 2.24) is 0 Å². The van der Waals surface area contributed by atoms with E-state index in [1.165, 1.54) is 27.8 Å². The van der Waals surface area contributed by atoms with Gasteiger partial charge in [0.15, 0.2) is 11.5 Å². The van der Waals surface area contributed by atoms with Crippen molar-refractivity contribution in [3.63, 3.8) is 0 Å². The highest BCUT2D eigenvalue weighted by Crippen LogP contribution is 2.31. The Bertz CT molecular complexity index is 904. The van der Waals surface area contributed by atoms with E-state index in [0.29, 0.717) is 0 Å². The van der Waals surface area contributed by atoms with Gasteiger partial charge in [-0.25, -0.2) is 0 Å². The maximum absolute atomic E-state index is 5.48. The molecule has 138 valence electrons. The van der Waals surface area contributed by atoms with Crippen molar-refractivity contribution in [2.75, 3.05) is 20.8 Å². The first-order valence-corrected chi connectivity index (χ1v) is 9.48. The average molecular weight is 360 g/mol. The van der Waals surface area contributed by atoms with Gasteiger partial charge in [0, 0.05) is 17.5 Å². The van der Waals surface area contributed by atoms with Crippen LogP contribution in [0.4, 0.5) is 0 Å². The molecule has 4 rings (SSSR count). The summed E-state index contributed by atoms with van der Waals surface area (Å²) in [5.74, 6) is 1.65. The lowest BCUT2D eigenvalue weighted by Gasteiger charge is -2.27. The number of rotatable bonds is 5. The molecule has 0 radical (unpaired) electrons. The molecule has 3 heteroatoms. The molecule has 0 saturated heterocycles. The predicted molar refractivity (Wildman–Crippen MR) is 108 cm³/mol. The standard InChI is InChI=1S/C24H25NO2/c1-26-23-14-21-12-13-25(17-22(21)15-24(23)27-2)16-18-8-10-20(11-9-18)19-6-4-3-5-7-19/h3-11,14-15H,12-13,16-17H2,1-2H3/p+1. The van der Waals surface area contributed by atoms with E-state index >= 15 is 0 Å². The SMILES string of the molecule is COc1cc2c(cc1OC)C[NH+](Cc1ccc(-c3ccccc3)cc1)CC2. The van der Waals surface area contributed by atoms with E-state index in [0.717, 1.165) is 37.6 Å². The molecule has 27 heavy (non-hydrogen) atoms. The van der Waals surface area contributed by atoms with Gasteiger partial charge >= 0.3 is 0 Å². The Kier molecular flexibility index (Phi) is 5.12. The number of hydrogen-bond acceptors (Lipinski definition) is 2. The Labute approximate surface area is 161 Å². The van der Waals surface area contributed by atoms with Crippen LogP contribution in [0.25, 0.3) is 11.1 Å². The molecule has 0 saturated carbocycles. The van der Waals surface area contributed by atoms with E-state index in [1.807, 2.05) is 0 Å². The zero-order valence-electron chi connectivity index (χ0n) is 16.0. The summed E-state index contributed by atoms with van der Waals surface area (Å²) in [6.07, 6.45) is 1.08. The van der Waals surface area contributed by atoms with Gasteiger partial charge in [-0.1, -0.05) is 54.6 Å². The number of hydrogen-bond donors (Lipinski definition) is 1. The predicted octanol–water partition coefficient (Wildman–Crippen LogP) is 3.51. The van der Waals surface area contributed by atoms with Crippen LogP contribution in [0.15, 0.2) is 66.7 Å². The molecule has 0 bridgehead atoms. The van der Waals surface area contributed by atoms with Gasteiger partial charge in [-0.2, -0.15) is 0 Å². The molecule has 0 fully saturated rings. The summed E-state index contributed by atoms with van der Waals surface area (Å²) in [5, 5.41) is 0. The van der Waals surface area contributed by atoms with E-state index in [1.54, 1.807) is 19.1 Å². The lowest BCUT2D eigenvalue weighted by atomic mass is 9.98. The van der Waals surface area contributed by atoms with Gasteiger partial charge in [0.2, 0.25) is 0 Å². The second-order valence-corrected chi connectivity index (χ2v) is 7.14. The minimum absolute atomic E-state index is 0.824. The Morgan fingerprint density at radius 1 is 0.778 bits per heavy atom. The van der Waals surface area contributed by atoms with Crippen LogP contribution in [-0.2, 0) is 19.5 Å². The third-order valence-corrected chi connectivity index (χ3v) is 5.41. The zero-order valence-corrected chi connectivity index (χ0v) is 16.0. The summed E-state index contributed by atoms with van der Waals surface area (Å²) in [7, 11) is 3.40.